The summed E-state index contributed by atoms with van der Waals surface area (Å²) in [6.45, 7) is 6.23. The molecule has 0 unspecified atom stereocenters. The Balaban J connectivity index is 2.06. The highest BCUT2D eigenvalue weighted by molar-refractivity contribution is 6.30. The van der Waals surface area contributed by atoms with Crippen molar-refractivity contribution in [3.63, 3.8) is 0 Å². The molecule has 2 nitrogen and oxygen atoms in total. The molecule has 20 heavy (non-hydrogen) atoms. The van der Waals surface area contributed by atoms with Crippen LogP contribution in [0.4, 0.5) is 5.69 Å². The second kappa shape index (κ2) is 7.32. The van der Waals surface area contributed by atoms with Gasteiger partial charge < -0.3 is 10.1 Å². The number of rotatable bonds is 6. The molecule has 0 aliphatic heterocycles. The van der Waals surface area contributed by atoms with Crippen LogP contribution in [0.25, 0.3) is 0 Å². The van der Waals surface area contributed by atoms with Crippen LogP contribution in [0.2, 0.25) is 5.02 Å². The molecule has 0 aliphatic carbocycles. The fourth-order valence-electron chi connectivity index (χ4n) is 2.08. The van der Waals surface area contributed by atoms with Crippen molar-refractivity contribution < 1.29 is 4.74 Å². The number of ether oxygens (including phenoxy) is 1. The molecule has 0 heterocycles. The maximum absolute atomic E-state index is 5.98. The van der Waals surface area contributed by atoms with E-state index in [0.29, 0.717) is 6.61 Å². The van der Waals surface area contributed by atoms with Gasteiger partial charge in [0.1, 0.15) is 0 Å². The standard InChI is InChI=1S/C17H20ClNO/c1-3-20-12-15-6-4-5-7-17(15)19-11-14-8-9-16(18)10-13(14)2/h4-10,19H,3,11-12H2,1-2H3. The highest BCUT2D eigenvalue weighted by Gasteiger charge is 2.03. The first-order valence-electron chi connectivity index (χ1n) is 6.85. The Morgan fingerprint density at radius 1 is 1.10 bits per heavy atom. The third-order valence-electron chi connectivity index (χ3n) is 3.25. The van der Waals surface area contributed by atoms with Crippen LogP contribution in [-0.2, 0) is 17.9 Å². The number of aryl methyl sites for hydroxylation is 1. The van der Waals surface area contributed by atoms with Gasteiger partial charge in [0.15, 0.2) is 0 Å². The predicted molar refractivity (Wildman–Crippen MR) is 85.3 cm³/mol. The Kier molecular flexibility index (Phi) is 5.45. The molecule has 0 atom stereocenters. The van der Waals surface area contributed by atoms with E-state index in [1.807, 2.05) is 31.2 Å². The van der Waals surface area contributed by atoms with Crippen LogP contribution in [-0.4, -0.2) is 6.61 Å². The smallest absolute Gasteiger partial charge is 0.0736 e. The van der Waals surface area contributed by atoms with Gasteiger partial charge in [-0.1, -0.05) is 35.9 Å². The number of hydrogen-bond acceptors (Lipinski definition) is 2. The van der Waals surface area contributed by atoms with Crippen LogP contribution in [0.3, 0.4) is 0 Å². The number of halogens is 1. The van der Waals surface area contributed by atoms with Gasteiger partial charge in [0.05, 0.1) is 6.61 Å². The van der Waals surface area contributed by atoms with Crippen LogP contribution in [0, 0.1) is 6.92 Å². The molecule has 0 spiro atoms. The van der Waals surface area contributed by atoms with Crippen LogP contribution in [0.5, 0.6) is 0 Å². The van der Waals surface area contributed by atoms with Crippen molar-refractivity contribution in [1.82, 2.24) is 0 Å². The Morgan fingerprint density at radius 2 is 1.90 bits per heavy atom. The molecule has 2 rings (SSSR count). The lowest BCUT2D eigenvalue weighted by molar-refractivity contribution is 0.134. The minimum atomic E-state index is 0.638. The fourth-order valence-corrected chi connectivity index (χ4v) is 2.31. The molecule has 0 amide bonds. The largest absolute Gasteiger partial charge is 0.381 e. The summed E-state index contributed by atoms with van der Waals surface area (Å²) < 4.78 is 5.49. The predicted octanol–water partition coefficient (Wildman–Crippen LogP) is 4.80. The van der Waals surface area contributed by atoms with Crippen LogP contribution in [0.1, 0.15) is 23.6 Å². The van der Waals surface area contributed by atoms with Crippen molar-refractivity contribution in [3.8, 4) is 0 Å². The number of nitrogens with one attached hydrogen (secondary N) is 1. The minimum absolute atomic E-state index is 0.638. The molecule has 0 radical (unpaired) electrons. The first kappa shape index (κ1) is 14.9. The third-order valence-corrected chi connectivity index (χ3v) is 3.49. The van der Waals surface area contributed by atoms with Gasteiger partial charge >= 0.3 is 0 Å². The van der Waals surface area contributed by atoms with Crippen molar-refractivity contribution >= 4 is 17.3 Å². The summed E-state index contributed by atoms with van der Waals surface area (Å²) in [6, 6.07) is 14.2. The van der Waals surface area contributed by atoms with Crippen LogP contribution >= 0.6 is 11.6 Å². The van der Waals surface area contributed by atoms with Crippen molar-refractivity contribution in [1.29, 1.82) is 0 Å². The first-order chi connectivity index (χ1) is 9.70. The highest BCUT2D eigenvalue weighted by atomic mass is 35.5. The van der Waals surface area contributed by atoms with E-state index in [1.165, 1.54) is 16.7 Å². The molecule has 106 valence electrons. The molecular formula is C17H20ClNO. The van der Waals surface area contributed by atoms with E-state index in [-0.39, 0.29) is 0 Å². The topological polar surface area (TPSA) is 21.3 Å². The summed E-state index contributed by atoms with van der Waals surface area (Å²) in [4.78, 5) is 0. The summed E-state index contributed by atoms with van der Waals surface area (Å²) in [5, 5.41) is 4.26. The van der Waals surface area contributed by atoms with E-state index in [4.69, 9.17) is 16.3 Å². The Labute approximate surface area is 125 Å². The molecule has 2 aromatic rings. The zero-order valence-electron chi connectivity index (χ0n) is 11.9. The number of hydrogen-bond donors (Lipinski definition) is 1. The van der Waals surface area contributed by atoms with Gasteiger partial charge in [-0.25, -0.2) is 0 Å². The van der Waals surface area contributed by atoms with Crippen molar-refractivity contribution in [2.24, 2.45) is 0 Å². The molecule has 0 aliphatic rings. The summed E-state index contributed by atoms with van der Waals surface area (Å²) in [5.74, 6) is 0. The second-order valence-corrected chi connectivity index (χ2v) is 5.16. The molecule has 2 aromatic carbocycles. The van der Waals surface area contributed by atoms with Gasteiger partial charge in [-0.05, 0) is 43.2 Å². The SMILES string of the molecule is CCOCc1ccccc1NCc1ccc(Cl)cc1C. The van der Waals surface area contributed by atoms with E-state index in [0.717, 1.165) is 23.9 Å². The average molecular weight is 290 g/mol. The number of anilines is 1. The van der Waals surface area contributed by atoms with Crippen molar-refractivity contribution in [2.75, 3.05) is 11.9 Å². The molecule has 0 saturated carbocycles. The van der Waals surface area contributed by atoms with E-state index in [1.54, 1.807) is 0 Å². The fraction of sp³-hybridized carbons (Fsp3) is 0.294. The summed E-state index contributed by atoms with van der Waals surface area (Å²) >= 11 is 5.98. The first-order valence-corrected chi connectivity index (χ1v) is 7.23. The molecule has 0 aromatic heterocycles. The normalized spacial score (nSPS) is 10.6. The van der Waals surface area contributed by atoms with Gasteiger partial charge in [0.2, 0.25) is 0 Å². The van der Waals surface area contributed by atoms with Gasteiger partial charge in [0.25, 0.3) is 0 Å². The Hall–Kier alpha value is -1.51. The molecular weight excluding hydrogens is 270 g/mol. The van der Waals surface area contributed by atoms with Crippen LogP contribution in [0.15, 0.2) is 42.5 Å². The third kappa shape index (κ3) is 3.99. The summed E-state index contributed by atoms with van der Waals surface area (Å²) in [5.41, 5.74) is 4.75. The van der Waals surface area contributed by atoms with E-state index >= 15 is 0 Å². The van der Waals surface area contributed by atoms with E-state index < -0.39 is 0 Å². The van der Waals surface area contributed by atoms with E-state index in [2.05, 4.69) is 30.4 Å². The lowest BCUT2D eigenvalue weighted by Crippen LogP contribution is -2.04. The van der Waals surface area contributed by atoms with Gasteiger partial charge in [-0.2, -0.15) is 0 Å². The molecule has 0 fully saturated rings. The highest BCUT2D eigenvalue weighted by Crippen LogP contribution is 2.20. The Bertz CT molecular complexity index is 569. The quantitative estimate of drug-likeness (QED) is 0.825. The van der Waals surface area contributed by atoms with Crippen molar-refractivity contribution in [2.45, 2.75) is 27.0 Å². The van der Waals surface area contributed by atoms with Gasteiger partial charge in [-0.15, -0.1) is 0 Å². The lowest BCUT2D eigenvalue weighted by Gasteiger charge is -2.13. The maximum Gasteiger partial charge on any atom is 0.0736 e. The lowest BCUT2D eigenvalue weighted by atomic mass is 10.1. The zero-order chi connectivity index (χ0) is 14.4. The zero-order valence-corrected chi connectivity index (χ0v) is 12.7. The monoisotopic (exact) mass is 289 g/mol. The van der Waals surface area contributed by atoms with Crippen LogP contribution < -0.4 is 5.32 Å². The summed E-state index contributed by atoms with van der Waals surface area (Å²) in [6.07, 6.45) is 0. The second-order valence-electron chi connectivity index (χ2n) is 4.72. The average Bonchev–Trinajstić information content (AvgIpc) is 2.45. The minimum Gasteiger partial charge on any atom is -0.381 e. The molecule has 1 N–H and O–H groups in total. The van der Waals surface area contributed by atoms with Gasteiger partial charge in [0, 0.05) is 29.4 Å². The number of para-hydroxylation sites is 1. The maximum atomic E-state index is 5.98. The van der Waals surface area contributed by atoms with Gasteiger partial charge in [-0.3, -0.25) is 0 Å². The molecule has 0 bridgehead atoms. The number of benzene rings is 2. The van der Waals surface area contributed by atoms with E-state index in [9.17, 15) is 0 Å². The Morgan fingerprint density at radius 3 is 2.65 bits per heavy atom. The molecule has 0 saturated heterocycles. The molecule has 3 heteroatoms. The summed E-state index contributed by atoms with van der Waals surface area (Å²) in [7, 11) is 0. The van der Waals surface area contributed by atoms with Crippen molar-refractivity contribution in [3.05, 3.63) is 64.2 Å².